The van der Waals surface area contributed by atoms with Crippen molar-refractivity contribution in [1.82, 2.24) is 0 Å². The van der Waals surface area contributed by atoms with E-state index in [1.54, 1.807) is 18.2 Å². The maximum atomic E-state index is 13.1. The van der Waals surface area contributed by atoms with Crippen molar-refractivity contribution < 1.29 is 79.5 Å². The molecule has 0 aromatic heterocycles. The van der Waals surface area contributed by atoms with Gasteiger partial charge in [0, 0.05) is 12.3 Å². The molecule has 0 spiro atoms. The first-order valence-electron chi connectivity index (χ1n) is 22.5. The summed E-state index contributed by atoms with van der Waals surface area (Å²) in [5.74, 6) is -0.630. The highest BCUT2D eigenvalue weighted by molar-refractivity contribution is 5.96. The van der Waals surface area contributed by atoms with Crippen LogP contribution in [0.1, 0.15) is 61.4 Å². The molecule has 18 heteroatoms. The van der Waals surface area contributed by atoms with Crippen LogP contribution in [0.2, 0.25) is 0 Å². The molecule has 368 valence electrons. The van der Waals surface area contributed by atoms with Gasteiger partial charge in [-0.3, -0.25) is 0 Å². The molecule has 0 fully saturated rings. The Labute approximate surface area is 378 Å². The summed E-state index contributed by atoms with van der Waals surface area (Å²) in [6, 6.07) is 11.1. The summed E-state index contributed by atoms with van der Waals surface area (Å²) in [6.07, 6.45) is 3.13. The van der Waals surface area contributed by atoms with Crippen molar-refractivity contribution in [2.75, 3.05) is 170 Å². The Bertz CT molecular complexity index is 1360. The highest BCUT2D eigenvalue weighted by Gasteiger charge is 2.30. The third kappa shape index (κ3) is 33.5. The smallest absolute Gasteiger partial charge is 0.416 e. The van der Waals surface area contributed by atoms with Gasteiger partial charge in [-0.1, -0.05) is 57.2 Å². The van der Waals surface area contributed by atoms with Gasteiger partial charge < -0.3 is 66.9 Å². The van der Waals surface area contributed by atoms with Crippen LogP contribution in [0.15, 0.2) is 48.5 Å². The van der Waals surface area contributed by atoms with Crippen molar-refractivity contribution in [3.8, 4) is 0 Å². The van der Waals surface area contributed by atoms with E-state index in [-0.39, 0.29) is 24.5 Å². The van der Waals surface area contributed by atoms with E-state index in [0.717, 1.165) is 25.2 Å². The molecule has 15 nitrogen and oxygen atoms in total. The molecule has 2 aromatic carbocycles. The number of alkyl halides is 3. The van der Waals surface area contributed by atoms with Crippen LogP contribution in [0.3, 0.4) is 0 Å². The van der Waals surface area contributed by atoms with Gasteiger partial charge in [-0.2, -0.15) is 13.2 Å². The molecule has 0 heterocycles. The summed E-state index contributed by atoms with van der Waals surface area (Å²) < 4.78 is 110. The number of carbonyl (C=O) groups excluding carboxylic acids is 1. The number of carbonyl (C=O) groups is 1. The highest BCUT2D eigenvalue weighted by Crippen LogP contribution is 2.32. The summed E-state index contributed by atoms with van der Waals surface area (Å²) in [5, 5.41) is 2.86. The van der Waals surface area contributed by atoms with Gasteiger partial charge >= 0.3 is 12.1 Å². The number of hydrogen-bond acceptors (Lipinski definition) is 15. The van der Waals surface area contributed by atoms with Crippen LogP contribution < -0.4 is 5.32 Å². The quantitative estimate of drug-likeness (QED) is 0.0528. The van der Waals surface area contributed by atoms with Gasteiger partial charge in [-0.05, 0) is 36.8 Å². The minimum absolute atomic E-state index is 0.00406. The molecule has 64 heavy (non-hydrogen) atoms. The van der Waals surface area contributed by atoms with Crippen LogP contribution in [-0.4, -0.2) is 171 Å². The van der Waals surface area contributed by atoms with Crippen LogP contribution in [0.5, 0.6) is 0 Å². The van der Waals surface area contributed by atoms with Gasteiger partial charge in [-0.25, -0.2) is 4.79 Å². The molecule has 0 bridgehead atoms. The fourth-order valence-electron chi connectivity index (χ4n) is 5.48. The van der Waals surface area contributed by atoms with E-state index in [2.05, 4.69) is 12.2 Å². The molecule has 0 amide bonds. The highest BCUT2D eigenvalue weighted by atomic mass is 19.4. The summed E-state index contributed by atoms with van der Waals surface area (Å²) in [6.45, 7) is 13.6. The second kappa shape index (κ2) is 41.5. The minimum Gasteiger partial charge on any atom is -0.460 e. The van der Waals surface area contributed by atoms with Gasteiger partial charge in [0.25, 0.3) is 0 Å². The Hall–Kier alpha value is -2.98. The molecule has 1 N–H and O–H groups in total. The van der Waals surface area contributed by atoms with E-state index >= 15 is 0 Å². The molecular formula is C46H74F3NO14. The Morgan fingerprint density at radius 2 is 0.797 bits per heavy atom. The molecule has 0 saturated carbocycles. The molecule has 2 rings (SSSR count). The van der Waals surface area contributed by atoms with E-state index in [1.165, 1.54) is 50.3 Å². The molecule has 0 saturated heterocycles. The fraction of sp³-hybridized carbons (Fsp3) is 0.717. The summed E-state index contributed by atoms with van der Waals surface area (Å²) in [4.78, 5) is 12.6. The summed E-state index contributed by atoms with van der Waals surface area (Å²) in [5.41, 5.74) is -0.0943. The normalized spacial score (nSPS) is 11.7. The zero-order valence-corrected chi connectivity index (χ0v) is 37.9. The average Bonchev–Trinajstić information content (AvgIpc) is 3.29. The summed E-state index contributed by atoms with van der Waals surface area (Å²) >= 11 is 0. The number of benzene rings is 2. The first-order chi connectivity index (χ1) is 31.4. The number of rotatable bonds is 46. The number of esters is 1. The van der Waals surface area contributed by atoms with Crippen molar-refractivity contribution >= 4 is 17.3 Å². The van der Waals surface area contributed by atoms with Crippen molar-refractivity contribution in [1.29, 1.82) is 0 Å². The van der Waals surface area contributed by atoms with Crippen molar-refractivity contribution in [3.63, 3.8) is 0 Å². The zero-order valence-electron chi connectivity index (χ0n) is 37.9. The van der Waals surface area contributed by atoms with Crippen LogP contribution in [-0.2, 0) is 67.8 Å². The lowest BCUT2D eigenvalue weighted by molar-refractivity contribution is -0.137. The Morgan fingerprint density at radius 3 is 1.20 bits per heavy atom. The molecule has 0 unspecified atom stereocenters. The summed E-state index contributed by atoms with van der Waals surface area (Å²) in [7, 11) is 0. The van der Waals surface area contributed by atoms with Crippen LogP contribution >= 0.6 is 0 Å². The Kier molecular flexibility index (Phi) is 37.0. The van der Waals surface area contributed by atoms with Crippen molar-refractivity contribution in [2.24, 2.45) is 0 Å². The number of hydrogen-bond donors (Lipinski definition) is 1. The van der Waals surface area contributed by atoms with E-state index in [1.807, 2.05) is 0 Å². The topological polar surface area (TPSA) is 149 Å². The van der Waals surface area contributed by atoms with Gasteiger partial charge in [0.05, 0.1) is 169 Å². The number of unbranched alkanes of at least 4 members (excludes halogenated alkanes) is 5. The van der Waals surface area contributed by atoms with Gasteiger partial charge in [-0.15, -0.1) is 0 Å². The lowest BCUT2D eigenvalue weighted by Gasteiger charge is -2.13. The van der Waals surface area contributed by atoms with Crippen LogP contribution in [0.25, 0.3) is 0 Å². The molecule has 0 aliphatic heterocycles. The number of ether oxygens (including phenoxy) is 13. The third-order valence-electron chi connectivity index (χ3n) is 8.81. The monoisotopic (exact) mass is 922 g/mol. The third-order valence-corrected chi connectivity index (χ3v) is 8.81. The average molecular weight is 922 g/mol. The molecule has 0 aliphatic rings. The van der Waals surface area contributed by atoms with E-state index in [4.69, 9.17) is 61.6 Å². The lowest BCUT2D eigenvalue weighted by Crippen LogP contribution is -2.16. The van der Waals surface area contributed by atoms with Crippen molar-refractivity contribution in [2.45, 2.75) is 51.6 Å². The number of anilines is 2. The molecule has 0 radical (unpaired) electrons. The largest absolute Gasteiger partial charge is 0.460 e. The van der Waals surface area contributed by atoms with Crippen LogP contribution in [0.4, 0.5) is 24.5 Å². The maximum Gasteiger partial charge on any atom is 0.416 e. The maximum absolute atomic E-state index is 13.1. The van der Waals surface area contributed by atoms with Gasteiger partial charge in [0.15, 0.2) is 0 Å². The van der Waals surface area contributed by atoms with E-state index in [9.17, 15) is 18.0 Å². The second-order valence-electron chi connectivity index (χ2n) is 14.0. The van der Waals surface area contributed by atoms with Gasteiger partial charge in [0.1, 0.15) is 6.61 Å². The second-order valence-corrected chi connectivity index (χ2v) is 14.0. The Balaban J connectivity index is 1.22. The SMILES string of the molecule is CCCCCCCCOCCOCCOCCOCCOCCOCCOCCOCCOCCOCCOCCOCCOC(=O)c1ccccc1Nc1cccc(C(F)(F)F)c1. The number of para-hydroxylation sites is 1. The number of halogens is 3. The van der Waals surface area contributed by atoms with E-state index in [0.29, 0.717) is 151 Å². The molecule has 0 aliphatic carbocycles. The molecule has 0 atom stereocenters. The molecule has 2 aromatic rings. The van der Waals surface area contributed by atoms with Crippen LogP contribution in [0, 0.1) is 0 Å². The van der Waals surface area contributed by atoms with Crippen molar-refractivity contribution in [3.05, 3.63) is 59.7 Å². The first kappa shape index (κ1) is 57.1. The predicted octanol–water partition coefficient (Wildman–Crippen LogP) is 7.17. The predicted molar refractivity (Wildman–Crippen MR) is 235 cm³/mol. The first-order valence-corrected chi connectivity index (χ1v) is 22.5. The molecular weight excluding hydrogens is 847 g/mol. The standard InChI is InChI=1S/C46H74F3NO14/c1-2-3-4-5-6-9-15-52-16-17-53-18-19-54-20-21-55-22-23-56-24-25-57-26-27-58-28-29-59-30-31-60-32-33-61-34-35-62-36-37-63-38-39-64-45(51)43-13-7-8-14-44(43)50-42-12-10-11-41(40-42)46(47,48)49/h7-8,10-14,40,50H,2-6,9,15-39H2,1H3. The minimum atomic E-state index is -4.48. The zero-order chi connectivity index (χ0) is 45.9. The Morgan fingerprint density at radius 1 is 0.438 bits per heavy atom. The lowest BCUT2D eigenvalue weighted by atomic mass is 10.1. The fourth-order valence-corrected chi connectivity index (χ4v) is 5.48. The van der Waals surface area contributed by atoms with E-state index < -0.39 is 17.7 Å². The number of nitrogens with one attached hydrogen (secondary N) is 1. The van der Waals surface area contributed by atoms with Gasteiger partial charge in [0.2, 0.25) is 0 Å².